The Morgan fingerprint density at radius 2 is 2.00 bits per heavy atom. The number of amides is 1. The second-order valence-electron chi connectivity index (χ2n) is 4.63. The van der Waals surface area contributed by atoms with Crippen LogP contribution >= 0.6 is 0 Å². The molecule has 1 aromatic carbocycles. The molecule has 3 nitrogen and oxygen atoms in total. The van der Waals surface area contributed by atoms with E-state index in [4.69, 9.17) is 0 Å². The van der Waals surface area contributed by atoms with Gasteiger partial charge in [-0.1, -0.05) is 31.2 Å². The molecule has 1 fully saturated rings. The van der Waals surface area contributed by atoms with Gasteiger partial charge in [-0.2, -0.15) is 0 Å². The van der Waals surface area contributed by atoms with Crippen molar-refractivity contribution in [2.75, 3.05) is 13.1 Å². The number of aliphatic hydroxyl groups is 1. The molecule has 1 saturated heterocycles. The molecule has 1 aliphatic rings. The zero-order valence-electron chi connectivity index (χ0n) is 10.2. The van der Waals surface area contributed by atoms with Crippen LogP contribution in [0.4, 0.5) is 0 Å². The van der Waals surface area contributed by atoms with Crippen LogP contribution < -0.4 is 0 Å². The molecule has 3 heteroatoms. The second-order valence-corrected chi connectivity index (χ2v) is 4.63. The van der Waals surface area contributed by atoms with Crippen LogP contribution in [0.5, 0.6) is 0 Å². The van der Waals surface area contributed by atoms with Crippen molar-refractivity contribution in [3.05, 3.63) is 35.4 Å². The molecule has 92 valence electrons. The Kier molecular flexibility index (Phi) is 3.79. The van der Waals surface area contributed by atoms with Gasteiger partial charge in [-0.3, -0.25) is 4.79 Å². The number of aryl methyl sites for hydroxylation is 1. The summed E-state index contributed by atoms with van der Waals surface area (Å²) in [6.45, 7) is 3.30. The molecule has 0 aliphatic carbocycles. The normalized spacial score (nSPS) is 19.6. The molecule has 0 radical (unpaired) electrons. The minimum absolute atomic E-state index is 0.116. The Bertz CT molecular complexity index is 386. The maximum Gasteiger partial charge on any atom is 0.227 e. The molecule has 1 aromatic rings. The van der Waals surface area contributed by atoms with E-state index in [2.05, 4.69) is 19.1 Å². The van der Waals surface area contributed by atoms with E-state index >= 15 is 0 Å². The van der Waals surface area contributed by atoms with Crippen LogP contribution in [-0.2, 0) is 17.6 Å². The van der Waals surface area contributed by atoms with Gasteiger partial charge >= 0.3 is 0 Å². The molecular formula is C14H19NO2. The first-order chi connectivity index (χ1) is 8.19. The number of carbonyl (C=O) groups is 1. The van der Waals surface area contributed by atoms with E-state index in [-0.39, 0.29) is 12.0 Å². The summed E-state index contributed by atoms with van der Waals surface area (Å²) in [5.41, 5.74) is 2.34. The van der Waals surface area contributed by atoms with E-state index in [1.807, 2.05) is 12.1 Å². The van der Waals surface area contributed by atoms with Gasteiger partial charge in [-0.15, -0.1) is 0 Å². The van der Waals surface area contributed by atoms with Crippen molar-refractivity contribution < 1.29 is 9.90 Å². The van der Waals surface area contributed by atoms with Crippen molar-refractivity contribution in [1.82, 2.24) is 4.90 Å². The standard InChI is InChI=1S/C14H19NO2/c1-2-11-3-5-12(6-4-11)9-14(17)15-8-7-13(16)10-15/h3-6,13,16H,2,7-10H2,1H3/t13-/m1/s1. The zero-order chi connectivity index (χ0) is 12.3. The van der Waals surface area contributed by atoms with E-state index in [0.717, 1.165) is 12.0 Å². The molecular weight excluding hydrogens is 214 g/mol. The van der Waals surface area contributed by atoms with Crippen molar-refractivity contribution in [3.8, 4) is 0 Å². The highest BCUT2D eigenvalue weighted by Crippen LogP contribution is 2.12. The molecule has 1 heterocycles. The summed E-state index contributed by atoms with van der Waals surface area (Å²) >= 11 is 0. The van der Waals surface area contributed by atoms with E-state index < -0.39 is 0 Å². The third-order valence-corrected chi connectivity index (χ3v) is 3.30. The fraction of sp³-hybridized carbons (Fsp3) is 0.500. The molecule has 0 bridgehead atoms. The van der Waals surface area contributed by atoms with Crippen molar-refractivity contribution >= 4 is 5.91 Å². The van der Waals surface area contributed by atoms with Crippen LogP contribution in [0.15, 0.2) is 24.3 Å². The van der Waals surface area contributed by atoms with Gasteiger partial charge in [0, 0.05) is 13.1 Å². The van der Waals surface area contributed by atoms with Gasteiger partial charge in [0.15, 0.2) is 0 Å². The van der Waals surface area contributed by atoms with E-state index in [9.17, 15) is 9.90 Å². The summed E-state index contributed by atoms with van der Waals surface area (Å²) in [5.74, 6) is 0.116. The molecule has 1 N–H and O–H groups in total. The molecule has 2 rings (SSSR count). The lowest BCUT2D eigenvalue weighted by atomic mass is 10.1. The quantitative estimate of drug-likeness (QED) is 0.857. The van der Waals surface area contributed by atoms with Gasteiger partial charge in [-0.25, -0.2) is 0 Å². The first-order valence-corrected chi connectivity index (χ1v) is 6.22. The fourth-order valence-corrected chi connectivity index (χ4v) is 2.15. The van der Waals surface area contributed by atoms with Crippen LogP contribution in [0.3, 0.4) is 0 Å². The maximum atomic E-state index is 11.9. The average molecular weight is 233 g/mol. The van der Waals surface area contributed by atoms with Crippen molar-refractivity contribution in [2.24, 2.45) is 0 Å². The number of likely N-dealkylation sites (tertiary alicyclic amines) is 1. The largest absolute Gasteiger partial charge is 0.391 e. The number of benzene rings is 1. The van der Waals surface area contributed by atoms with Crippen molar-refractivity contribution in [3.63, 3.8) is 0 Å². The zero-order valence-corrected chi connectivity index (χ0v) is 10.2. The van der Waals surface area contributed by atoms with Gasteiger partial charge in [0.05, 0.1) is 12.5 Å². The van der Waals surface area contributed by atoms with E-state index in [1.54, 1.807) is 4.90 Å². The predicted molar refractivity (Wildman–Crippen MR) is 66.7 cm³/mol. The highest BCUT2D eigenvalue weighted by molar-refractivity contribution is 5.79. The Morgan fingerprint density at radius 3 is 2.53 bits per heavy atom. The summed E-state index contributed by atoms with van der Waals surface area (Å²) < 4.78 is 0. The topological polar surface area (TPSA) is 40.5 Å². The highest BCUT2D eigenvalue weighted by atomic mass is 16.3. The number of carbonyl (C=O) groups excluding carboxylic acids is 1. The molecule has 0 saturated carbocycles. The number of hydrogen-bond acceptors (Lipinski definition) is 2. The number of rotatable bonds is 3. The summed E-state index contributed by atoms with van der Waals surface area (Å²) in [4.78, 5) is 13.7. The minimum Gasteiger partial charge on any atom is -0.391 e. The van der Waals surface area contributed by atoms with Crippen LogP contribution in [0, 0.1) is 0 Å². The predicted octanol–water partition coefficient (Wildman–Crippen LogP) is 1.38. The molecule has 17 heavy (non-hydrogen) atoms. The Morgan fingerprint density at radius 1 is 1.35 bits per heavy atom. The van der Waals surface area contributed by atoms with Crippen LogP contribution in [0.25, 0.3) is 0 Å². The average Bonchev–Trinajstić information content (AvgIpc) is 2.77. The highest BCUT2D eigenvalue weighted by Gasteiger charge is 2.24. The molecule has 1 amide bonds. The van der Waals surface area contributed by atoms with Crippen LogP contribution in [-0.4, -0.2) is 35.1 Å². The first kappa shape index (κ1) is 12.1. The molecule has 0 aromatic heterocycles. The number of nitrogens with zero attached hydrogens (tertiary/aromatic N) is 1. The summed E-state index contributed by atoms with van der Waals surface area (Å²) in [6.07, 6.45) is 1.84. The third-order valence-electron chi connectivity index (χ3n) is 3.30. The van der Waals surface area contributed by atoms with Gasteiger partial charge in [0.1, 0.15) is 0 Å². The lowest BCUT2D eigenvalue weighted by molar-refractivity contribution is -0.129. The number of aliphatic hydroxyl groups excluding tert-OH is 1. The lowest BCUT2D eigenvalue weighted by Crippen LogP contribution is -2.30. The Hall–Kier alpha value is -1.35. The van der Waals surface area contributed by atoms with E-state index in [0.29, 0.717) is 25.9 Å². The monoisotopic (exact) mass is 233 g/mol. The summed E-state index contributed by atoms with van der Waals surface area (Å²) in [7, 11) is 0. The summed E-state index contributed by atoms with van der Waals surface area (Å²) in [5, 5.41) is 9.39. The van der Waals surface area contributed by atoms with Crippen LogP contribution in [0.2, 0.25) is 0 Å². The smallest absolute Gasteiger partial charge is 0.227 e. The second kappa shape index (κ2) is 5.32. The Labute approximate surface area is 102 Å². The molecule has 1 aliphatic heterocycles. The van der Waals surface area contributed by atoms with Gasteiger partial charge < -0.3 is 10.0 Å². The van der Waals surface area contributed by atoms with Crippen molar-refractivity contribution in [1.29, 1.82) is 0 Å². The molecule has 0 unspecified atom stereocenters. The number of hydrogen-bond donors (Lipinski definition) is 1. The van der Waals surface area contributed by atoms with Gasteiger partial charge in [-0.05, 0) is 24.0 Å². The SMILES string of the molecule is CCc1ccc(CC(=O)N2CC[C@@H](O)C2)cc1. The fourth-order valence-electron chi connectivity index (χ4n) is 2.15. The van der Waals surface area contributed by atoms with Gasteiger partial charge in [0.2, 0.25) is 5.91 Å². The molecule has 0 spiro atoms. The van der Waals surface area contributed by atoms with Gasteiger partial charge in [0.25, 0.3) is 0 Å². The lowest BCUT2D eigenvalue weighted by Gasteiger charge is -2.15. The Balaban J connectivity index is 1.93. The molecule has 1 atom stereocenters. The van der Waals surface area contributed by atoms with Crippen molar-refractivity contribution in [2.45, 2.75) is 32.3 Å². The first-order valence-electron chi connectivity index (χ1n) is 6.22. The summed E-state index contributed by atoms with van der Waals surface area (Å²) in [6, 6.07) is 8.18. The third kappa shape index (κ3) is 3.07. The minimum atomic E-state index is -0.332. The van der Waals surface area contributed by atoms with Crippen LogP contribution in [0.1, 0.15) is 24.5 Å². The number of β-amino-alcohol motifs (C(OH)–C–C–N with tert-alkyl or cyclic N) is 1. The van der Waals surface area contributed by atoms with E-state index in [1.165, 1.54) is 5.56 Å². The maximum absolute atomic E-state index is 11.9.